The number of methoxy groups -OCH3 is 1. The Morgan fingerprint density at radius 2 is 2.05 bits per heavy atom. The summed E-state index contributed by atoms with van der Waals surface area (Å²) in [5.74, 6) is 2.30. The lowest BCUT2D eigenvalue weighted by Crippen LogP contribution is -2.37. The molecule has 206 valence electrons. The number of ether oxygens (including phenoxy) is 2. The summed E-state index contributed by atoms with van der Waals surface area (Å²) in [6, 6.07) is 9.47. The van der Waals surface area contributed by atoms with E-state index in [1.54, 1.807) is 19.3 Å². The van der Waals surface area contributed by atoms with E-state index in [-0.39, 0.29) is 11.8 Å². The van der Waals surface area contributed by atoms with Gasteiger partial charge in [-0.05, 0) is 49.1 Å². The highest BCUT2D eigenvalue weighted by Crippen LogP contribution is 2.32. The minimum Gasteiger partial charge on any atom is -0.496 e. The van der Waals surface area contributed by atoms with E-state index >= 15 is 0 Å². The molecule has 1 atom stereocenters. The molecule has 8 heteroatoms. The maximum absolute atomic E-state index is 12.7. The molecule has 0 bridgehead atoms. The number of rotatable bonds is 8. The first kappa shape index (κ1) is 27.4. The Balaban J connectivity index is 1.40. The molecule has 0 spiro atoms. The molecule has 2 heterocycles. The second kappa shape index (κ2) is 12.4. The van der Waals surface area contributed by atoms with Crippen molar-refractivity contribution in [3.63, 3.8) is 0 Å². The third-order valence-corrected chi connectivity index (χ3v) is 8.14. The Morgan fingerprint density at radius 3 is 2.74 bits per heavy atom. The van der Waals surface area contributed by atoms with E-state index in [9.17, 15) is 9.90 Å². The number of carbonyl (C=O) groups is 1. The number of nitrogens with zero attached hydrogens (tertiary/aromatic N) is 2. The van der Waals surface area contributed by atoms with E-state index in [0.717, 1.165) is 71.9 Å². The zero-order valence-corrected chi connectivity index (χ0v) is 23.2. The molecule has 3 aliphatic rings. The van der Waals surface area contributed by atoms with Crippen molar-refractivity contribution in [2.75, 3.05) is 32.1 Å². The molecule has 2 aromatic rings. The van der Waals surface area contributed by atoms with Crippen molar-refractivity contribution in [2.45, 2.75) is 51.2 Å². The number of nitrogens with one attached hydrogen (secondary N) is 1. The lowest BCUT2D eigenvalue weighted by atomic mass is 9.88. The summed E-state index contributed by atoms with van der Waals surface area (Å²) in [4.78, 5) is 19.4. The van der Waals surface area contributed by atoms with Gasteiger partial charge in [-0.3, -0.25) is 14.7 Å². The summed E-state index contributed by atoms with van der Waals surface area (Å²) in [6.45, 7) is 5.65. The maximum Gasteiger partial charge on any atom is 0.227 e. The minimum absolute atomic E-state index is 0.0445. The molecule has 2 aromatic carbocycles. The van der Waals surface area contributed by atoms with Crippen LogP contribution in [-0.4, -0.2) is 48.9 Å². The van der Waals surface area contributed by atoms with Gasteiger partial charge in [-0.2, -0.15) is 0 Å². The second-order valence-electron chi connectivity index (χ2n) is 10.3. The highest BCUT2D eigenvalue weighted by Gasteiger charge is 2.23. The molecular formula is C31H36ClN3O4. The highest BCUT2D eigenvalue weighted by atomic mass is 35.5. The van der Waals surface area contributed by atoms with E-state index in [0.29, 0.717) is 36.0 Å². The minimum atomic E-state index is -0.654. The number of fused-ring (bicyclic) bond motifs is 1. The van der Waals surface area contributed by atoms with Gasteiger partial charge in [0.2, 0.25) is 5.91 Å². The number of aliphatic hydroxyl groups is 1. The Hall–Kier alpha value is -3.13. The topological polar surface area (TPSA) is 83.4 Å². The number of benzene rings is 2. The fraction of sp³-hybridized carbons (Fsp3) is 0.419. The van der Waals surface area contributed by atoms with Crippen LogP contribution < -0.4 is 25.4 Å². The second-order valence-corrected chi connectivity index (χ2v) is 10.7. The van der Waals surface area contributed by atoms with E-state index in [1.165, 1.54) is 6.42 Å². The summed E-state index contributed by atoms with van der Waals surface area (Å²) in [6.07, 6.45) is 9.74. The summed E-state index contributed by atoms with van der Waals surface area (Å²) in [7, 11) is 1.67. The first-order valence-electron chi connectivity index (χ1n) is 13.7. The zero-order valence-electron chi connectivity index (χ0n) is 22.4. The number of hydrogen-bond donors (Lipinski definition) is 2. The molecule has 0 aromatic heterocycles. The number of carbonyl (C=O) groups excluding carboxylic acids is 1. The molecule has 1 fully saturated rings. The van der Waals surface area contributed by atoms with Crippen molar-refractivity contribution in [3.8, 4) is 11.5 Å². The highest BCUT2D eigenvalue weighted by molar-refractivity contribution is 6.33. The smallest absolute Gasteiger partial charge is 0.227 e. The van der Waals surface area contributed by atoms with Crippen LogP contribution in [0.25, 0.3) is 11.3 Å². The molecule has 0 radical (unpaired) electrons. The van der Waals surface area contributed by atoms with Gasteiger partial charge in [-0.1, -0.05) is 43.5 Å². The normalized spacial score (nSPS) is 18.8. The van der Waals surface area contributed by atoms with Gasteiger partial charge in [0.05, 0.1) is 23.2 Å². The van der Waals surface area contributed by atoms with Gasteiger partial charge in [-0.15, -0.1) is 0 Å². The quantitative estimate of drug-likeness (QED) is 0.468. The monoisotopic (exact) mass is 549 g/mol. The third kappa shape index (κ3) is 6.21. The summed E-state index contributed by atoms with van der Waals surface area (Å²) >= 11 is 6.57. The average Bonchev–Trinajstić information content (AvgIpc) is 2.98. The van der Waals surface area contributed by atoms with E-state index in [2.05, 4.69) is 24.0 Å². The predicted octanol–water partition coefficient (Wildman–Crippen LogP) is 4.67. The van der Waals surface area contributed by atoms with Crippen molar-refractivity contribution < 1.29 is 19.4 Å². The zero-order chi connectivity index (χ0) is 27.4. The van der Waals surface area contributed by atoms with E-state index in [1.807, 2.05) is 23.1 Å². The fourth-order valence-electron chi connectivity index (χ4n) is 5.58. The SMILES string of the molecule is C=CC(O)N1CC=C(c2cc3c(cc2OC)=NCCC=3Oc2ccc(NC(=O)C3CCCCC3)c(Cl)c2)CC1. The van der Waals surface area contributed by atoms with E-state index < -0.39 is 6.23 Å². The first-order valence-corrected chi connectivity index (χ1v) is 14.1. The van der Waals surface area contributed by atoms with E-state index in [4.69, 9.17) is 26.1 Å². The van der Waals surface area contributed by atoms with Crippen LogP contribution in [0.1, 0.15) is 50.5 Å². The number of aliphatic hydroxyl groups excluding tert-OH is 1. The summed E-state index contributed by atoms with van der Waals surface area (Å²) < 4.78 is 12.1. The molecule has 0 saturated heterocycles. The Labute approximate surface area is 234 Å². The van der Waals surface area contributed by atoms with Gasteiger partial charge >= 0.3 is 0 Å². The number of hydrogen-bond acceptors (Lipinski definition) is 6. The molecule has 2 aliphatic heterocycles. The number of halogens is 1. The van der Waals surface area contributed by atoms with Crippen LogP contribution in [0.5, 0.6) is 11.5 Å². The Morgan fingerprint density at radius 1 is 1.23 bits per heavy atom. The maximum atomic E-state index is 12.7. The van der Waals surface area contributed by atoms with Gasteiger partial charge in [0.25, 0.3) is 0 Å². The first-order chi connectivity index (χ1) is 19.0. The van der Waals surface area contributed by atoms with Gasteiger partial charge in [0, 0.05) is 54.9 Å². The Bertz CT molecular complexity index is 1400. The van der Waals surface area contributed by atoms with Crippen LogP contribution >= 0.6 is 11.6 Å². The van der Waals surface area contributed by atoms with Gasteiger partial charge in [-0.25, -0.2) is 0 Å². The van der Waals surface area contributed by atoms with Gasteiger partial charge in [0.15, 0.2) is 0 Å². The van der Waals surface area contributed by atoms with Crippen LogP contribution in [0.2, 0.25) is 5.02 Å². The predicted molar refractivity (Wildman–Crippen MR) is 154 cm³/mol. The lowest BCUT2D eigenvalue weighted by Gasteiger charge is -2.29. The molecule has 1 unspecified atom stereocenters. The van der Waals surface area contributed by atoms with Crippen LogP contribution in [-0.2, 0) is 4.79 Å². The van der Waals surface area contributed by atoms with Crippen LogP contribution in [0, 0.1) is 5.92 Å². The molecule has 1 amide bonds. The van der Waals surface area contributed by atoms with Crippen molar-refractivity contribution >= 4 is 34.5 Å². The van der Waals surface area contributed by atoms with Gasteiger partial charge in [0.1, 0.15) is 23.5 Å². The van der Waals surface area contributed by atoms with Crippen molar-refractivity contribution in [3.05, 3.63) is 70.2 Å². The number of amides is 1. The largest absolute Gasteiger partial charge is 0.496 e. The Kier molecular flexibility index (Phi) is 8.70. The fourth-order valence-corrected chi connectivity index (χ4v) is 5.80. The molecule has 7 nitrogen and oxygen atoms in total. The van der Waals surface area contributed by atoms with Crippen LogP contribution in [0.4, 0.5) is 5.69 Å². The summed E-state index contributed by atoms with van der Waals surface area (Å²) in [5, 5.41) is 15.3. The standard InChI is InChI=1S/C31H36ClN3O4/c1-3-30(36)35-15-12-20(13-16-35)23-18-24-27(19-29(23)38-2)33-14-11-28(24)39-22-9-10-26(25(32)17-22)34-31(37)21-7-5-4-6-8-21/h3,9-10,12,17-19,21,30,36H,1,4-8,11,13-16H2,2H3,(H,34,37). The van der Waals surface area contributed by atoms with Crippen molar-refractivity contribution in [2.24, 2.45) is 10.9 Å². The molecule has 5 rings (SSSR count). The van der Waals surface area contributed by atoms with Crippen molar-refractivity contribution in [1.82, 2.24) is 4.90 Å². The number of anilines is 1. The third-order valence-electron chi connectivity index (χ3n) is 7.83. The molecule has 1 saturated carbocycles. The molecular weight excluding hydrogens is 514 g/mol. The summed E-state index contributed by atoms with van der Waals surface area (Å²) in [5.41, 5.74) is 2.77. The molecule has 39 heavy (non-hydrogen) atoms. The van der Waals surface area contributed by atoms with Crippen LogP contribution in [0.3, 0.4) is 0 Å². The molecule has 2 N–H and O–H groups in total. The lowest BCUT2D eigenvalue weighted by molar-refractivity contribution is -0.120. The van der Waals surface area contributed by atoms with Crippen LogP contribution in [0.15, 0.2) is 54.1 Å². The van der Waals surface area contributed by atoms with Crippen molar-refractivity contribution in [1.29, 1.82) is 0 Å². The van der Waals surface area contributed by atoms with Gasteiger partial charge < -0.3 is 19.9 Å². The average molecular weight is 550 g/mol. The molecule has 1 aliphatic carbocycles.